The average molecular weight is 592 g/mol. The number of fused-ring (bicyclic) bond motifs is 9. The second kappa shape index (κ2) is 9.16. The molecule has 0 amide bonds. The molecule has 2 aromatic heterocycles. The van der Waals surface area contributed by atoms with Crippen LogP contribution in [0.3, 0.4) is 0 Å². The number of thiophene rings is 1. The lowest BCUT2D eigenvalue weighted by molar-refractivity contribution is 0.661. The van der Waals surface area contributed by atoms with Crippen molar-refractivity contribution < 1.29 is 0 Å². The average Bonchev–Trinajstić information content (AvgIpc) is 3.69. The molecule has 0 aliphatic heterocycles. The molecule has 1 aliphatic carbocycles. The second-order valence-electron chi connectivity index (χ2n) is 12.4. The Morgan fingerprint density at radius 3 is 2.16 bits per heavy atom. The molecule has 45 heavy (non-hydrogen) atoms. The van der Waals surface area contributed by atoms with E-state index in [1.807, 2.05) is 53.8 Å². The van der Waals surface area contributed by atoms with Crippen LogP contribution in [-0.4, -0.2) is 4.57 Å². The highest BCUT2D eigenvalue weighted by Gasteiger charge is 2.35. The normalized spacial score (nSPS) is 13.2. The first-order chi connectivity index (χ1) is 22.0. The van der Waals surface area contributed by atoms with E-state index in [9.17, 15) is 10.5 Å². The molecule has 8 aromatic rings. The summed E-state index contributed by atoms with van der Waals surface area (Å²) in [4.78, 5) is 0. The van der Waals surface area contributed by atoms with Gasteiger partial charge >= 0.3 is 0 Å². The van der Waals surface area contributed by atoms with Gasteiger partial charge in [0.25, 0.3) is 0 Å². The van der Waals surface area contributed by atoms with Gasteiger partial charge in [0.2, 0.25) is 0 Å². The van der Waals surface area contributed by atoms with Gasteiger partial charge in [-0.1, -0.05) is 74.5 Å². The van der Waals surface area contributed by atoms with E-state index < -0.39 is 0 Å². The monoisotopic (exact) mass is 591 g/mol. The molecule has 210 valence electrons. The molecule has 1 aliphatic rings. The van der Waals surface area contributed by atoms with Crippen molar-refractivity contribution in [1.29, 1.82) is 10.5 Å². The summed E-state index contributed by atoms with van der Waals surface area (Å²) in [6, 6.07) is 45.1. The van der Waals surface area contributed by atoms with E-state index in [-0.39, 0.29) is 5.41 Å². The lowest BCUT2D eigenvalue weighted by atomic mass is 9.82. The summed E-state index contributed by atoms with van der Waals surface area (Å²) in [7, 11) is 0. The van der Waals surface area contributed by atoms with Crippen LogP contribution in [0.15, 0.2) is 115 Å². The molecule has 0 saturated carbocycles. The molecule has 0 N–H and O–H groups in total. The number of nitrogens with zero attached hydrogens (tertiary/aromatic N) is 3. The van der Waals surface area contributed by atoms with Crippen molar-refractivity contribution in [3.8, 4) is 40.1 Å². The van der Waals surface area contributed by atoms with Crippen molar-refractivity contribution in [2.45, 2.75) is 19.3 Å². The summed E-state index contributed by atoms with van der Waals surface area (Å²) in [6.07, 6.45) is 0. The van der Waals surface area contributed by atoms with Crippen LogP contribution < -0.4 is 0 Å². The maximum absolute atomic E-state index is 10.0. The van der Waals surface area contributed by atoms with Gasteiger partial charge in [0.1, 0.15) is 0 Å². The van der Waals surface area contributed by atoms with E-state index in [0.717, 1.165) is 38.6 Å². The van der Waals surface area contributed by atoms with Crippen molar-refractivity contribution in [2.75, 3.05) is 0 Å². The summed E-state index contributed by atoms with van der Waals surface area (Å²) in [5.74, 6) is 0. The van der Waals surface area contributed by atoms with Gasteiger partial charge in [0, 0.05) is 41.9 Å². The fourth-order valence-corrected chi connectivity index (χ4v) is 8.71. The molecule has 0 fully saturated rings. The topological polar surface area (TPSA) is 52.5 Å². The molecule has 4 heteroatoms. The highest BCUT2D eigenvalue weighted by Crippen LogP contribution is 2.52. The summed E-state index contributed by atoms with van der Waals surface area (Å²) >= 11 is 1.85. The van der Waals surface area contributed by atoms with Crippen molar-refractivity contribution >= 4 is 53.3 Å². The fourth-order valence-electron chi connectivity index (χ4n) is 7.56. The van der Waals surface area contributed by atoms with Crippen molar-refractivity contribution in [2.24, 2.45) is 0 Å². The van der Waals surface area contributed by atoms with Crippen LogP contribution in [-0.2, 0) is 5.41 Å². The predicted molar refractivity (Wildman–Crippen MR) is 186 cm³/mol. The van der Waals surface area contributed by atoms with Gasteiger partial charge in [-0.3, -0.25) is 0 Å². The van der Waals surface area contributed by atoms with Gasteiger partial charge in [-0.05, 0) is 82.4 Å². The molecule has 0 bridgehead atoms. The minimum absolute atomic E-state index is 0.0542. The van der Waals surface area contributed by atoms with Crippen LogP contribution >= 0.6 is 11.3 Å². The van der Waals surface area contributed by atoms with Crippen LogP contribution in [0.4, 0.5) is 0 Å². The first-order valence-electron chi connectivity index (χ1n) is 15.1. The Morgan fingerprint density at radius 1 is 0.556 bits per heavy atom. The Balaban J connectivity index is 1.38. The molecule has 2 heterocycles. The van der Waals surface area contributed by atoms with E-state index in [1.54, 1.807) is 0 Å². The van der Waals surface area contributed by atoms with E-state index in [4.69, 9.17) is 0 Å². The van der Waals surface area contributed by atoms with E-state index in [0.29, 0.717) is 11.1 Å². The molecule has 3 nitrogen and oxygen atoms in total. The number of hydrogen-bond acceptors (Lipinski definition) is 3. The molecule has 0 atom stereocenters. The number of para-hydroxylation sites is 1. The third-order valence-electron chi connectivity index (χ3n) is 9.66. The molecule has 0 spiro atoms. The minimum atomic E-state index is -0.0542. The Kier molecular flexibility index (Phi) is 5.25. The zero-order valence-electron chi connectivity index (χ0n) is 24.7. The maximum Gasteiger partial charge on any atom is 0.0992 e. The third kappa shape index (κ3) is 3.49. The first-order valence-corrected chi connectivity index (χ1v) is 15.9. The van der Waals surface area contributed by atoms with Crippen molar-refractivity contribution in [3.63, 3.8) is 0 Å². The summed E-state index contributed by atoms with van der Waals surface area (Å²) < 4.78 is 4.79. The van der Waals surface area contributed by atoms with Crippen LogP contribution in [0.2, 0.25) is 0 Å². The van der Waals surface area contributed by atoms with Gasteiger partial charge in [0.15, 0.2) is 0 Å². The van der Waals surface area contributed by atoms with Gasteiger partial charge < -0.3 is 4.57 Å². The largest absolute Gasteiger partial charge is 0.309 e. The SMILES string of the molecule is CC1(C)c2ccccc2-c2cc3c(cc21)sc1cccc(-c2ccc(C#N)cc2-n2c4ccccc4c4cc(C#N)ccc42)c13. The quantitative estimate of drug-likeness (QED) is 0.201. The molecule has 0 unspecified atom stereocenters. The summed E-state index contributed by atoms with van der Waals surface area (Å²) in [5, 5.41) is 24.3. The Morgan fingerprint density at radius 2 is 1.29 bits per heavy atom. The minimum Gasteiger partial charge on any atom is -0.309 e. The van der Waals surface area contributed by atoms with Crippen LogP contribution in [0.5, 0.6) is 0 Å². The molecule has 0 saturated heterocycles. The lowest BCUT2D eigenvalue weighted by Crippen LogP contribution is -2.14. The first kappa shape index (κ1) is 25.8. The number of nitriles is 2. The third-order valence-corrected chi connectivity index (χ3v) is 10.8. The second-order valence-corrected chi connectivity index (χ2v) is 13.5. The molecule has 6 aromatic carbocycles. The summed E-state index contributed by atoms with van der Waals surface area (Å²) in [6.45, 7) is 4.66. The zero-order chi connectivity index (χ0) is 30.4. The van der Waals surface area contributed by atoms with E-state index in [1.165, 1.54) is 42.4 Å². The molecule has 9 rings (SSSR count). The van der Waals surface area contributed by atoms with Gasteiger partial charge in [-0.15, -0.1) is 11.3 Å². The van der Waals surface area contributed by atoms with Crippen molar-refractivity contribution in [1.82, 2.24) is 4.57 Å². The van der Waals surface area contributed by atoms with Gasteiger partial charge in [-0.2, -0.15) is 10.5 Å². The van der Waals surface area contributed by atoms with Gasteiger partial charge in [0.05, 0.1) is 40.0 Å². The zero-order valence-corrected chi connectivity index (χ0v) is 25.5. The summed E-state index contributed by atoms with van der Waals surface area (Å²) in [5.41, 5.74) is 11.8. The highest BCUT2D eigenvalue weighted by molar-refractivity contribution is 7.26. The standard InChI is InChI=1S/C41H25N3S/c1-41(2)33-11-5-3-8-26(33)30-20-32-39(21-34(30)41)45-38-13-7-10-29(40(32)38)28-16-14-25(23-43)19-37(28)44-35-12-6-4-9-27(35)31-18-24(22-42)15-17-36(31)44/h3-21H,1-2H3. The number of hydrogen-bond donors (Lipinski definition) is 0. The Hall–Kier alpha value is -5.68. The Bertz CT molecular complexity index is 2650. The van der Waals surface area contributed by atoms with Gasteiger partial charge in [-0.25, -0.2) is 0 Å². The maximum atomic E-state index is 10.0. The Labute approximate surface area is 264 Å². The predicted octanol–water partition coefficient (Wildman–Crippen LogP) is 10.9. The number of rotatable bonds is 2. The van der Waals surface area contributed by atoms with Crippen LogP contribution in [0.25, 0.3) is 69.9 Å². The van der Waals surface area contributed by atoms with Crippen molar-refractivity contribution in [3.05, 3.63) is 138 Å². The fraction of sp³-hybridized carbons (Fsp3) is 0.0732. The molecule has 0 radical (unpaired) electrons. The van der Waals surface area contributed by atoms with E-state index in [2.05, 4.69) is 103 Å². The van der Waals surface area contributed by atoms with Crippen LogP contribution in [0, 0.1) is 22.7 Å². The van der Waals surface area contributed by atoms with Crippen LogP contribution in [0.1, 0.15) is 36.1 Å². The number of aromatic nitrogens is 1. The molecular formula is C41H25N3S. The highest BCUT2D eigenvalue weighted by atomic mass is 32.1. The smallest absolute Gasteiger partial charge is 0.0992 e. The molecular weight excluding hydrogens is 567 g/mol. The lowest BCUT2D eigenvalue weighted by Gasteiger charge is -2.21. The van der Waals surface area contributed by atoms with E-state index >= 15 is 0 Å². The number of benzene rings is 6.